The highest BCUT2D eigenvalue weighted by molar-refractivity contribution is 5.94. The van der Waals surface area contributed by atoms with Gasteiger partial charge in [0.1, 0.15) is 5.75 Å². The highest BCUT2D eigenvalue weighted by Crippen LogP contribution is 2.42. The molecule has 28 heavy (non-hydrogen) atoms. The van der Waals surface area contributed by atoms with Gasteiger partial charge in [0, 0.05) is 32.1 Å². The Morgan fingerprint density at radius 3 is 2.32 bits per heavy atom. The molecule has 2 saturated heterocycles. The number of ether oxygens (including phenoxy) is 1. The van der Waals surface area contributed by atoms with E-state index in [9.17, 15) is 24.3 Å². The second-order valence-electron chi connectivity index (χ2n) is 7.40. The molecule has 0 aromatic heterocycles. The number of carboxylic acids is 1. The van der Waals surface area contributed by atoms with Crippen LogP contribution >= 0.6 is 0 Å². The number of carbonyl (C=O) groups excluding carboxylic acids is 3. The van der Waals surface area contributed by atoms with Crippen molar-refractivity contribution in [3.63, 3.8) is 0 Å². The number of benzene rings is 1. The van der Waals surface area contributed by atoms with Gasteiger partial charge in [0.15, 0.2) is 12.4 Å². The minimum Gasteiger partial charge on any atom is -0.484 e. The first kappa shape index (κ1) is 19.9. The molecule has 150 valence electrons. The second kappa shape index (κ2) is 7.61. The molecule has 2 amide bonds. The molecule has 3 rings (SSSR count). The van der Waals surface area contributed by atoms with Gasteiger partial charge in [-0.1, -0.05) is 0 Å². The first-order valence-corrected chi connectivity index (χ1v) is 9.25. The summed E-state index contributed by atoms with van der Waals surface area (Å²) in [5, 5.41) is 9.50. The van der Waals surface area contributed by atoms with Crippen molar-refractivity contribution in [3.8, 4) is 5.75 Å². The number of ketones is 1. The summed E-state index contributed by atoms with van der Waals surface area (Å²) in [5.74, 6) is -1.60. The summed E-state index contributed by atoms with van der Waals surface area (Å²) >= 11 is 0. The molecular formula is C20H24N2O6. The van der Waals surface area contributed by atoms with Crippen LogP contribution in [0.3, 0.4) is 0 Å². The van der Waals surface area contributed by atoms with E-state index in [0.29, 0.717) is 37.2 Å². The van der Waals surface area contributed by atoms with Crippen LogP contribution in [-0.4, -0.2) is 70.8 Å². The Balaban J connectivity index is 1.57. The van der Waals surface area contributed by atoms with E-state index < -0.39 is 17.4 Å². The maximum absolute atomic E-state index is 12.5. The zero-order valence-corrected chi connectivity index (χ0v) is 16.0. The lowest BCUT2D eigenvalue weighted by atomic mass is 9.77. The monoisotopic (exact) mass is 388 g/mol. The number of Topliss-reactive ketones (excluding diaryl/α,β-unsaturated/α-hetero) is 1. The minimum atomic E-state index is -0.963. The third-order valence-electron chi connectivity index (χ3n) is 5.97. The van der Waals surface area contributed by atoms with Crippen molar-refractivity contribution in [2.75, 3.05) is 26.7 Å². The first-order valence-electron chi connectivity index (χ1n) is 9.25. The van der Waals surface area contributed by atoms with Crippen molar-refractivity contribution in [1.29, 1.82) is 0 Å². The smallest absolute Gasteiger partial charge is 0.309 e. The van der Waals surface area contributed by atoms with Gasteiger partial charge < -0.3 is 19.6 Å². The molecule has 1 aromatic rings. The average Bonchev–Trinajstić information content (AvgIpc) is 2.92. The molecular weight excluding hydrogens is 364 g/mol. The molecule has 0 saturated carbocycles. The number of aliphatic carboxylic acids is 1. The van der Waals surface area contributed by atoms with E-state index in [1.54, 1.807) is 41.1 Å². The van der Waals surface area contributed by atoms with E-state index in [1.165, 1.54) is 6.92 Å². The van der Waals surface area contributed by atoms with Crippen molar-refractivity contribution in [3.05, 3.63) is 29.8 Å². The molecule has 8 heteroatoms. The van der Waals surface area contributed by atoms with Crippen LogP contribution in [0, 0.1) is 5.92 Å². The predicted octanol–water partition coefficient (Wildman–Crippen LogP) is 1.19. The number of hydrogen-bond acceptors (Lipinski definition) is 5. The number of rotatable bonds is 5. The Kier molecular flexibility index (Phi) is 5.40. The number of likely N-dealkylation sites (tertiary alicyclic amines) is 2. The normalized spacial score (nSPS) is 21.1. The highest BCUT2D eigenvalue weighted by atomic mass is 16.5. The van der Waals surface area contributed by atoms with E-state index >= 15 is 0 Å². The summed E-state index contributed by atoms with van der Waals surface area (Å²) in [7, 11) is 1.65. The summed E-state index contributed by atoms with van der Waals surface area (Å²) in [6.45, 7) is 2.11. The van der Waals surface area contributed by atoms with Gasteiger partial charge in [0.2, 0.25) is 5.91 Å². The molecule has 1 N–H and O–H groups in total. The maximum atomic E-state index is 12.5. The molecule has 0 unspecified atom stereocenters. The van der Waals surface area contributed by atoms with Crippen LogP contribution in [0.1, 0.15) is 36.5 Å². The number of carboxylic acid groups (broad SMARTS) is 1. The van der Waals surface area contributed by atoms with Crippen LogP contribution in [0.15, 0.2) is 24.3 Å². The minimum absolute atomic E-state index is 0.0130. The topological polar surface area (TPSA) is 104 Å². The van der Waals surface area contributed by atoms with Gasteiger partial charge >= 0.3 is 5.97 Å². The Bertz CT molecular complexity index is 795. The summed E-state index contributed by atoms with van der Waals surface area (Å²) in [6, 6.07) is 6.58. The van der Waals surface area contributed by atoms with Crippen LogP contribution in [-0.2, 0) is 14.4 Å². The zero-order valence-electron chi connectivity index (χ0n) is 16.0. The van der Waals surface area contributed by atoms with Crippen molar-refractivity contribution in [2.24, 2.45) is 5.92 Å². The average molecular weight is 388 g/mol. The van der Waals surface area contributed by atoms with Crippen LogP contribution in [0.25, 0.3) is 0 Å². The molecule has 1 spiro atoms. The summed E-state index contributed by atoms with van der Waals surface area (Å²) in [4.78, 5) is 50.6. The molecule has 0 aliphatic carbocycles. The number of amides is 2. The molecule has 0 radical (unpaired) electrons. The Morgan fingerprint density at radius 1 is 1.18 bits per heavy atom. The van der Waals surface area contributed by atoms with Crippen LogP contribution in [0.4, 0.5) is 0 Å². The van der Waals surface area contributed by atoms with Crippen molar-refractivity contribution >= 4 is 23.6 Å². The quantitative estimate of drug-likeness (QED) is 0.760. The fourth-order valence-corrected chi connectivity index (χ4v) is 4.15. The SMILES string of the molecule is CC(=O)c1ccc(OCC(=O)N2CCC3(CC2)[C@@H](C(=O)O)CC(=O)N3C)cc1. The predicted molar refractivity (Wildman–Crippen MR) is 99.0 cm³/mol. The molecule has 1 aromatic carbocycles. The van der Waals surface area contributed by atoms with E-state index in [1.807, 2.05) is 0 Å². The summed E-state index contributed by atoms with van der Waals surface area (Å²) in [5.41, 5.74) is -0.147. The molecule has 2 aliphatic heterocycles. The van der Waals surface area contributed by atoms with Gasteiger partial charge in [0.25, 0.3) is 5.91 Å². The van der Waals surface area contributed by atoms with Crippen LogP contribution in [0.2, 0.25) is 0 Å². The third kappa shape index (κ3) is 3.58. The maximum Gasteiger partial charge on any atom is 0.309 e. The molecule has 2 heterocycles. The lowest BCUT2D eigenvalue weighted by Crippen LogP contribution is -2.57. The molecule has 2 fully saturated rings. The Morgan fingerprint density at radius 2 is 1.79 bits per heavy atom. The molecule has 2 aliphatic rings. The highest BCUT2D eigenvalue weighted by Gasteiger charge is 2.55. The van der Waals surface area contributed by atoms with E-state index in [0.717, 1.165) is 0 Å². The Labute approximate surface area is 163 Å². The molecule has 1 atom stereocenters. The van der Waals surface area contributed by atoms with Gasteiger partial charge in [-0.15, -0.1) is 0 Å². The van der Waals surface area contributed by atoms with E-state index in [-0.39, 0.29) is 30.6 Å². The number of hydrogen-bond donors (Lipinski definition) is 1. The number of nitrogens with zero attached hydrogens (tertiary/aromatic N) is 2. The fourth-order valence-electron chi connectivity index (χ4n) is 4.15. The lowest BCUT2D eigenvalue weighted by molar-refractivity contribution is -0.147. The van der Waals surface area contributed by atoms with Crippen molar-refractivity contribution in [2.45, 2.75) is 31.7 Å². The van der Waals surface area contributed by atoms with Gasteiger partial charge in [-0.25, -0.2) is 0 Å². The van der Waals surface area contributed by atoms with Crippen LogP contribution < -0.4 is 4.74 Å². The fraction of sp³-hybridized carbons (Fsp3) is 0.500. The largest absolute Gasteiger partial charge is 0.484 e. The third-order valence-corrected chi connectivity index (χ3v) is 5.97. The van der Waals surface area contributed by atoms with Gasteiger partial charge in [-0.2, -0.15) is 0 Å². The Hall–Kier alpha value is -2.90. The first-order chi connectivity index (χ1) is 13.2. The summed E-state index contributed by atoms with van der Waals surface area (Å²) in [6.07, 6.45) is 0.885. The zero-order chi connectivity index (χ0) is 20.5. The standard InChI is InChI=1S/C20H24N2O6/c1-13(23)14-3-5-15(6-4-14)28-12-18(25)22-9-7-20(8-10-22)16(19(26)27)11-17(24)21(20)2/h3-6,16H,7-12H2,1-2H3,(H,26,27)/t16-/m1/s1. The van der Waals surface area contributed by atoms with Gasteiger partial charge in [-0.05, 0) is 44.0 Å². The van der Waals surface area contributed by atoms with Crippen molar-refractivity contribution in [1.82, 2.24) is 9.80 Å². The number of piperidine rings is 1. The van der Waals surface area contributed by atoms with Gasteiger partial charge in [0.05, 0.1) is 11.5 Å². The summed E-state index contributed by atoms with van der Waals surface area (Å²) < 4.78 is 5.51. The van der Waals surface area contributed by atoms with E-state index in [4.69, 9.17) is 4.74 Å². The lowest BCUT2D eigenvalue weighted by Gasteiger charge is -2.45. The van der Waals surface area contributed by atoms with Crippen LogP contribution in [0.5, 0.6) is 5.75 Å². The van der Waals surface area contributed by atoms with Crippen molar-refractivity contribution < 1.29 is 29.0 Å². The molecule has 0 bridgehead atoms. The molecule has 8 nitrogen and oxygen atoms in total. The van der Waals surface area contributed by atoms with Gasteiger partial charge in [-0.3, -0.25) is 19.2 Å². The second-order valence-corrected chi connectivity index (χ2v) is 7.40. The number of carbonyl (C=O) groups is 4. The van der Waals surface area contributed by atoms with E-state index in [2.05, 4.69) is 0 Å².